The van der Waals surface area contributed by atoms with E-state index in [9.17, 15) is 13.6 Å². The Hall–Kier alpha value is -1.75. The van der Waals surface area contributed by atoms with Gasteiger partial charge in [-0.1, -0.05) is 17.8 Å². The molecule has 0 saturated carbocycles. The standard InChI is InChI=1S/C13H9F2NOS/c14-9-4-5-10(11(15)7-9)12(17)8-18-13-3-1-2-6-16-13/h1-7H,8H2. The number of thioether (sulfide) groups is 1. The lowest BCUT2D eigenvalue weighted by Crippen LogP contribution is -2.05. The summed E-state index contributed by atoms with van der Waals surface area (Å²) in [6.45, 7) is 0. The third-order valence-corrected chi connectivity index (χ3v) is 3.16. The van der Waals surface area contributed by atoms with Crippen LogP contribution >= 0.6 is 11.8 Å². The van der Waals surface area contributed by atoms with Gasteiger partial charge in [-0.2, -0.15) is 0 Å². The summed E-state index contributed by atoms with van der Waals surface area (Å²) < 4.78 is 26.0. The summed E-state index contributed by atoms with van der Waals surface area (Å²) in [5.41, 5.74) is -0.0974. The second kappa shape index (κ2) is 5.73. The highest BCUT2D eigenvalue weighted by Crippen LogP contribution is 2.18. The van der Waals surface area contributed by atoms with Crippen LogP contribution in [0.15, 0.2) is 47.6 Å². The molecular formula is C13H9F2NOS. The molecule has 0 unspecified atom stereocenters. The molecule has 2 rings (SSSR count). The fourth-order valence-electron chi connectivity index (χ4n) is 1.37. The van der Waals surface area contributed by atoms with E-state index in [0.29, 0.717) is 11.1 Å². The molecule has 0 radical (unpaired) electrons. The van der Waals surface area contributed by atoms with Crippen molar-refractivity contribution >= 4 is 17.5 Å². The summed E-state index contributed by atoms with van der Waals surface area (Å²) >= 11 is 1.22. The van der Waals surface area contributed by atoms with Gasteiger partial charge in [-0.15, -0.1) is 0 Å². The van der Waals surface area contributed by atoms with Crippen molar-refractivity contribution in [1.29, 1.82) is 0 Å². The topological polar surface area (TPSA) is 30.0 Å². The Morgan fingerprint density at radius 1 is 1.22 bits per heavy atom. The number of hydrogen-bond donors (Lipinski definition) is 0. The van der Waals surface area contributed by atoms with Gasteiger partial charge in [0.1, 0.15) is 11.6 Å². The van der Waals surface area contributed by atoms with Gasteiger partial charge in [0.25, 0.3) is 0 Å². The van der Waals surface area contributed by atoms with Crippen LogP contribution in [0.3, 0.4) is 0 Å². The molecule has 18 heavy (non-hydrogen) atoms. The van der Waals surface area contributed by atoms with Crippen molar-refractivity contribution in [2.24, 2.45) is 0 Å². The maximum Gasteiger partial charge on any atom is 0.176 e. The fraction of sp³-hybridized carbons (Fsp3) is 0.0769. The average Bonchev–Trinajstić information content (AvgIpc) is 2.37. The molecule has 0 aliphatic rings. The monoisotopic (exact) mass is 265 g/mol. The Morgan fingerprint density at radius 3 is 2.72 bits per heavy atom. The number of benzene rings is 1. The van der Waals surface area contributed by atoms with Gasteiger partial charge in [0.2, 0.25) is 0 Å². The molecule has 1 heterocycles. The van der Waals surface area contributed by atoms with E-state index in [2.05, 4.69) is 4.98 Å². The maximum atomic E-state index is 13.3. The Labute approximate surface area is 107 Å². The van der Waals surface area contributed by atoms with Crippen molar-refractivity contribution in [2.45, 2.75) is 5.03 Å². The number of rotatable bonds is 4. The molecule has 0 N–H and O–H groups in total. The predicted octanol–water partition coefficient (Wildman–Crippen LogP) is 3.33. The summed E-state index contributed by atoms with van der Waals surface area (Å²) in [5.74, 6) is -1.84. The van der Waals surface area contributed by atoms with Crippen LogP contribution in [-0.4, -0.2) is 16.5 Å². The third kappa shape index (κ3) is 3.13. The van der Waals surface area contributed by atoms with E-state index in [1.54, 1.807) is 24.4 Å². The number of halogens is 2. The first-order valence-corrected chi connectivity index (χ1v) is 6.17. The first kappa shape index (κ1) is 12.7. The van der Waals surface area contributed by atoms with Gasteiger partial charge in [0.15, 0.2) is 5.78 Å². The highest BCUT2D eigenvalue weighted by Gasteiger charge is 2.12. The zero-order valence-corrected chi connectivity index (χ0v) is 10.1. The molecule has 0 atom stereocenters. The molecular weight excluding hydrogens is 256 g/mol. The predicted molar refractivity (Wildman–Crippen MR) is 65.6 cm³/mol. The fourth-order valence-corrected chi connectivity index (χ4v) is 2.11. The smallest absolute Gasteiger partial charge is 0.176 e. The Bertz CT molecular complexity index is 560. The van der Waals surface area contributed by atoms with Crippen molar-refractivity contribution < 1.29 is 13.6 Å². The molecule has 92 valence electrons. The van der Waals surface area contributed by atoms with Gasteiger partial charge in [0, 0.05) is 12.3 Å². The van der Waals surface area contributed by atoms with Crippen molar-refractivity contribution in [3.05, 3.63) is 59.8 Å². The van der Waals surface area contributed by atoms with Gasteiger partial charge < -0.3 is 0 Å². The number of nitrogens with zero attached hydrogens (tertiary/aromatic N) is 1. The minimum atomic E-state index is -0.832. The van der Waals surface area contributed by atoms with Crippen LogP contribution in [0.1, 0.15) is 10.4 Å². The number of carbonyl (C=O) groups excluding carboxylic acids is 1. The Kier molecular flexibility index (Phi) is 4.04. The van der Waals surface area contributed by atoms with E-state index in [0.717, 1.165) is 12.1 Å². The molecule has 2 aromatic rings. The van der Waals surface area contributed by atoms with E-state index in [4.69, 9.17) is 0 Å². The highest BCUT2D eigenvalue weighted by molar-refractivity contribution is 7.99. The lowest BCUT2D eigenvalue weighted by atomic mass is 10.1. The molecule has 2 nitrogen and oxygen atoms in total. The quantitative estimate of drug-likeness (QED) is 0.627. The summed E-state index contributed by atoms with van der Waals surface area (Å²) in [5, 5.41) is 0.688. The zero-order chi connectivity index (χ0) is 13.0. The average molecular weight is 265 g/mol. The normalized spacial score (nSPS) is 10.3. The van der Waals surface area contributed by atoms with Gasteiger partial charge >= 0.3 is 0 Å². The van der Waals surface area contributed by atoms with Gasteiger partial charge in [-0.25, -0.2) is 13.8 Å². The van der Waals surface area contributed by atoms with Crippen molar-refractivity contribution in [3.63, 3.8) is 0 Å². The maximum absolute atomic E-state index is 13.3. The van der Waals surface area contributed by atoms with E-state index >= 15 is 0 Å². The Morgan fingerprint density at radius 2 is 2.06 bits per heavy atom. The molecule has 0 fully saturated rings. The lowest BCUT2D eigenvalue weighted by molar-refractivity contribution is 0.101. The van der Waals surface area contributed by atoms with Gasteiger partial charge in [-0.3, -0.25) is 4.79 Å². The first-order valence-electron chi connectivity index (χ1n) is 5.19. The van der Waals surface area contributed by atoms with Crippen LogP contribution in [0.5, 0.6) is 0 Å². The molecule has 1 aromatic carbocycles. The molecule has 0 spiro atoms. The largest absolute Gasteiger partial charge is 0.293 e. The van der Waals surface area contributed by atoms with E-state index in [1.165, 1.54) is 11.8 Å². The number of Topliss-reactive ketones (excluding diaryl/α,β-unsaturated/α-hetero) is 1. The van der Waals surface area contributed by atoms with Crippen LogP contribution in [0.2, 0.25) is 0 Å². The molecule has 0 aliphatic heterocycles. The number of ketones is 1. The summed E-state index contributed by atoms with van der Waals surface area (Å²) in [4.78, 5) is 15.8. The Balaban J connectivity index is 2.04. The van der Waals surface area contributed by atoms with E-state index in [-0.39, 0.29) is 17.1 Å². The summed E-state index contributed by atoms with van der Waals surface area (Å²) in [7, 11) is 0. The molecule has 0 aliphatic carbocycles. The SMILES string of the molecule is O=C(CSc1ccccn1)c1ccc(F)cc1F. The van der Waals surface area contributed by atoms with Gasteiger partial charge in [-0.05, 0) is 24.3 Å². The number of aromatic nitrogens is 1. The molecule has 0 amide bonds. The van der Waals surface area contributed by atoms with Crippen molar-refractivity contribution in [2.75, 3.05) is 5.75 Å². The van der Waals surface area contributed by atoms with E-state index < -0.39 is 11.6 Å². The number of pyridine rings is 1. The second-order valence-corrected chi connectivity index (χ2v) is 4.50. The van der Waals surface area contributed by atoms with Crippen LogP contribution in [0, 0.1) is 11.6 Å². The molecule has 0 bridgehead atoms. The summed E-state index contributed by atoms with van der Waals surface area (Å²) in [6.07, 6.45) is 1.62. The van der Waals surface area contributed by atoms with Crippen molar-refractivity contribution in [1.82, 2.24) is 4.98 Å². The van der Waals surface area contributed by atoms with Crippen LogP contribution in [0.25, 0.3) is 0 Å². The molecule has 0 saturated heterocycles. The molecule has 5 heteroatoms. The minimum Gasteiger partial charge on any atom is -0.293 e. The third-order valence-electron chi connectivity index (χ3n) is 2.22. The van der Waals surface area contributed by atoms with Crippen LogP contribution in [0.4, 0.5) is 8.78 Å². The second-order valence-electron chi connectivity index (χ2n) is 3.50. The highest BCUT2D eigenvalue weighted by atomic mass is 32.2. The number of hydrogen-bond acceptors (Lipinski definition) is 3. The van der Waals surface area contributed by atoms with Crippen LogP contribution < -0.4 is 0 Å². The summed E-state index contributed by atoms with van der Waals surface area (Å²) in [6, 6.07) is 8.27. The van der Waals surface area contributed by atoms with Crippen molar-refractivity contribution in [3.8, 4) is 0 Å². The minimum absolute atomic E-state index is 0.0690. The van der Waals surface area contributed by atoms with Crippen LogP contribution in [-0.2, 0) is 0 Å². The zero-order valence-electron chi connectivity index (χ0n) is 9.27. The number of carbonyl (C=O) groups is 1. The first-order chi connectivity index (χ1) is 8.66. The lowest BCUT2D eigenvalue weighted by Gasteiger charge is -2.02. The van der Waals surface area contributed by atoms with Gasteiger partial charge in [0.05, 0.1) is 16.3 Å². The molecule has 1 aromatic heterocycles. The van der Waals surface area contributed by atoms with E-state index in [1.807, 2.05) is 0 Å².